The molecule has 0 aromatic rings. The fourth-order valence-electron chi connectivity index (χ4n) is 0.118. The van der Waals surface area contributed by atoms with Crippen LogP contribution in [0.4, 0.5) is 0 Å². The molecule has 0 N–H and O–H groups in total. The van der Waals surface area contributed by atoms with Crippen molar-refractivity contribution in [3.05, 3.63) is 11.0 Å². The maximum Gasteiger partial charge on any atom is 0.0285 e. The van der Waals surface area contributed by atoms with Crippen molar-refractivity contribution >= 4 is 11.8 Å². The van der Waals surface area contributed by atoms with E-state index in [1.54, 1.807) is 19.3 Å². The lowest BCUT2D eigenvalue weighted by Gasteiger charge is -1.84. The molecule has 0 aliphatic carbocycles. The largest absolute Gasteiger partial charge is 0.135 e. The highest BCUT2D eigenvalue weighted by Gasteiger charge is 1.73. The van der Waals surface area contributed by atoms with E-state index in [-0.39, 0.29) is 0 Å². The van der Waals surface area contributed by atoms with Crippen LogP contribution in [-0.2, 0) is 0 Å². The third-order valence-corrected chi connectivity index (χ3v) is 1.16. The first-order valence-electron chi connectivity index (χ1n) is 3.23. The molecule has 6 heavy (non-hydrogen) atoms. The number of thioether (sulfide) groups is 1. The van der Waals surface area contributed by atoms with Crippen LogP contribution in [0, 0.1) is 0 Å². The van der Waals surface area contributed by atoms with Gasteiger partial charge in [-0.3, -0.25) is 0 Å². The third kappa shape index (κ3) is 2.33. The molecule has 0 spiro atoms. The van der Waals surface area contributed by atoms with Crippen LogP contribution in [0.2, 0.25) is 0 Å². The Morgan fingerprint density at radius 1 is 2.00 bits per heavy atom. The third-order valence-electron chi connectivity index (χ3n) is 0.482. The maximum absolute atomic E-state index is 6.93. The van der Waals surface area contributed by atoms with E-state index in [0.29, 0.717) is 4.91 Å². The Kier molecular flexibility index (Phi) is 1.32. The van der Waals surface area contributed by atoms with Crippen LogP contribution in [0.15, 0.2) is 11.0 Å². The van der Waals surface area contributed by atoms with Crippen LogP contribution in [0.3, 0.4) is 0 Å². The second kappa shape index (κ2) is 3.29. The average Bonchev–Trinajstić information content (AvgIpc) is 1.65. The zero-order valence-corrected chi connectivity index (χ0v) is 4.80. The first-order chi connectivity index (χ1) is 4.02. The van der Waals surface area contributed by atoms with Gasteiger partial charge in [-0.1, -0.05) is 6.08 Å². The van der Waals surface area contributed by atoms with Gasteiger partial charge in [0.1, 0.15) is 0 Å². The van der Waals surface area contributed by atoms with Gasteiger partial charge in [-0.2, -0.15) is 0 Å². The second-order valence-corrected chi connectivity index (χ2v) is 1.71. The number of rotatable bonds is 1. The van der Waals surface area contributed by atoms with Gasteiger partial charge >= 0.3 is 0 Å². The van der Waals surface area contributed by atoms with E-state index >= 15 is 0 Å². The number of hydrogen-bond acceptors (Lipinski definition) is 1. The van der Waals surface area contributed by atoms with Crippen molar-refractivity contribution in [2.45, 2.75) is 13.8 Å². The summed E-state index contributed by atoms with van der Waals surface area (Å²) in [4.78, 5) is 0.461. The Balaban J connectivity index is 4.14. The molecule has 36 valence electrons. The molecule has 1 heteroatoms. The van der Waals surface area contributed by atoms with E-state index < -0.39 is 6.85 Å². The van der Waals surface area contributed by atoms with Gasteiger partial charge in [0.05, 0.1) is 0 Å². The zero-order chi connectivity index (χ0) is 7.49. The molecule has 0 heterocycles. The predicted octanol–water partition coefficient (Wildman–Crippen LogP) is 2.27. The van der Waals surface area contributed by atoms with E-state index in [0.717, 1.165) is 0 Å². The second-order valence-electron chi connectivity index (χ2n) is 0.857. The zero-order valence-electron chi connectivity index (χ0n) is 6.99. The summed E-state index contributed by atoms with van der Waals surface area (Å²) >= 11 is 1.28. The summed E-state index contributed by atoms with van der Waals surface area (Å²) < 4.78 is 20.8. The van der Waals surface area contributed by atoms with E-state index in [4.69, 9.17) is 4.11 Å². The van der Waals surface area contributed by atoms with Crippen molar-refractivity contribution in [1.29, 1.82) is 0 Å². The molecular weight excluding hydrogens is 92.1 g/mol. The van der Waals surface area contributed by atoms with E-state index in [2.05, 4.69) is 0 Å². The molecule has 0 aromatic heterocycles. The van der Waals surface area contributed by atoms with Crippen molar-refractivity contribution in [2.24, 2.45) is 0 Å². The Bertz CT molecular complexity index is 114. The Hall–Kier alpha value is 0.0900. The van der Waals surface area contributed by atoms with E-state index in [1.807, 2.05) is 0 Å². The van der Waals surface area contributed by atoms with Crippen LogP contribution >= 0.6 is 11.8 Å². The molecule has 0 bridgehead atoms. The molecule has 0 unspecified atom stereocenters. The molecule has 0 aliphatic rings. The van der Waals surface area contributed by atoms with E-state index in [9.17, 15) is 0 Å². The fourth-order valence-corrected chi connectivity index (χ4v) is 0.354. The molecule has 0 nitrogen and oxygen atoms in total. The fraction of sp³-hybridized carbons (Fsp3) is 0.600. The summed E-state index contributed by atoms with van der Waals surface area (Å²) in [7, 11) is 0. The highest BCUT2D eigenvalue weighted by molar-refractivity contribution is 8.02. The smallest absolute Gasteiger partial charge is 0.0285 e. The molecule has 0 aromatic carbocycles. The average molecular weight is 105 g/mol. The lowest BCUT2D eigenvalue weighted by Crippen LogP contribution is -1.56. The van der Waals surface area contributed by atoms with Gasteiger partial charge in [0.25, 0.3) is 0 Å². The molecule has 0 saturated carbocycles. The minimum absolute atomic E-state index is 0.461. The van der Waals surface area contributed by atoms with Crippen LogP contribution < -0.4 is 0 Å². The summed E-state index contributed by atoms with van der Waals surface area (Å²) in [6.07, 6.45) is 3.39. The van der Waals surface area contributed by atoms with Gasteiger partial charge < -0.3 is 0 Å². The first kappa shape index (κ1) is 2.41. The summed E-state index contributed by atoms with van der Waals surface area (Å²) in [5.74, 6) is 0. The topological polar surface area (TPSA) is 0 Å². The summed E-state index contributed by atoms with van der Waals surface area (Å²) in [6.45, 7) is -0.174. The lowest BCUT2D eigenvalue weighted by molar-refractivity contribution is 1.60. The number of hydrogen-bond donors (Lipinski definition) is 0. The minimum atomic E-state index is -1.91. The summed E-state index contributed by atoms with van der Waals surface area (Å²) in [5.41, 5.74) is 0. The van der Waals surface area contributed by atoms with Gasteiger partial charge in [-0.15, -0.1) is 11.8 Å². The van der Waals surface area contributed by atoms with Crippen LogP contribution in [-0.4, -0.2) is 6.26 Å². The van der Waals surface area contributed by atoms with Gasteiger partial charge in [-0.05, 0) is 24.9 Å². The predicted molar refractivity (Wildman–Crippen MR) is 32.9 cm³/mol. The highest BCUT2D eigenvalue weighted by atomic mass is 32.2. The monoisotopic (exact) mass is 105 g/mol. The van der Waals surface area contributed by atoms with Crippen LogP contribution in [0.1, 0.15) is 17.9 Å². The van der Waals surface area contributed by atoms with Crippen LogP contribution in [0.25, 0.3) is 0 Å². The normalized spacial score (nSPS) is 21.7. The lowest BCUT2D eigenvalue weighted by atomic mass is 10.6. The molecule has 0 aliphatic heterocycles. The minimum Gasteiger partial charge on any atom is -0.135 e. The Morgan fingerprint density at radius 2 is 2.67 bits per heavy atom. The molecule has 0 amide bonds. The van der Waals surface area contributed by atoms with Gasteiger partial charge in [0, 0.05) is 4.11 Å². The van der Waals surface area contributed by atoms with Gasteiger partial charge in [0.2, 0.25) is 0 Å². The van der Waals surface area contributed by atoms with Crippen molar-refractivity contribution in [3.63, 3.8) is 0 Å². The van der Waals surface area contributed by atoms with Crippen LogP contribution in [0.5, 0.6) is 0 Å². The molecular formula is C5H10S. The molecule has 0 rings (SSSR count). The molecule has 0 saturated heterocycles. The standard InChI is InChI=1S/C5H10S/c1-4-5(2)6-3/h4H,1-3H3/b5-4-/i2D3. The Morgan fingerprint density at radius 3 is 2.67 bits per heavy atom. The summed E-state index contributed by atoms with van der Waals surface area (Å²) in [6, 6.07) is 0. The first-order valence-corrected chi connectivity index (χ1v) is 2.95. The van der Waals surface area contributed by atoms with Crippen molar-refractivity contribution in [1.82, 2.24) is 0 Å². The van der Waals surface area contributed by atoms with Crippen molar-refractivity contribution < 1.29 is 4.11 Å². The molecule has 0 fully saturated rings. The SMILES string of the molecule is [2H]C([2H])([2H])/C(=C/C)SC. The van der Waals surface area contributed by atoms with Crippen molar-refractivity contribution in [2.75, 3.05) is 6.26 Å². The van der Waals surface area contributed by atoms with E-state index in [1.165, 1.54) is 11.8 Å². The molecule has 0 radical (unpaired) electrons. The van der Waals surface area contributed by atoms with Gasteiger partial charge in [0.15, 0.2) is 0 Å². The summed E-state index contributed by atoms with van der Waals surface area (Å²) in [5, 5.41) is 0. The Labute approximate surface area is 47.8 Å². The van der Waals surface area contributed by atoms with Gasteiger partial charge in [-0.25, -0.2) is 0 Å². The quantitative estimate of drug-likeness (QED) is 0.493. The molecule has 0 atom stereocenters. The maximum atomic E-state index is 6.93. The highest BCUT2D eigenvalue weighted by Crippen LogP contribution is 2.07. The number of allylic oxidation sites excluding steroid dienone is 2. The van der Waals surface area contributed by atoms with Crippen molar-refractivity contribution in [3.8, 4) is 0 Å².